The molecule has 1 atom stereocenters. The molecule has 3 rings (SSSR count). The Hall–Kier alpha value is -2.86. The fourth-order valence-corrected chi connectivity index (χ4v) is 2.91. The van der Waals surface area contributed by atoms with Crippen molar-refractivity contribution < 1.29 is 18.7 Å². The first-order chi connectivity index (χ1) is 13.4. The largest absolute Gasteiger partial charge is 0.489 e. The van der Waals surface area contributed by atoms with E-state index in [1.165, 1.54) is 18.2 Å². The lowest BCUT2D eigenvalue weighted by Crippen LogP contribution is -2.30. The molecule has 0 aliphatic carbocycles. The van der Waals surface area contributed by atoms with Crippen LogP contribution < -0.4 is 10.1 Å². The van der Waals surface area contributed by atoms with Gasteiger partial charge < -0.3 is 10.1 Å². The molecule has 7 heteroatoms. The van der Waals surface area contributed by atoms with Crippen molar-refractivity contribution in [3.63, 3.8) is 0 Å². The van der Waals surface area contributed by atoms with E-state index in [9.17, 15) is 14.0 Å². The molecule has 1 unspecified atom stereocenters. The van der Waals surface area contributed by atoms with E-state index in [1.54, 1.807) is 30.3 Å². The maximum absolute atomic E-state index is 13.8. The van der Waals surface area contributed by atoms with Crippen LogP contribution in [0.15, 0.2) is 48.2 Å². The Kier molecular flexibility index (Phi) is 5.99. The van der Waals surface area contributed by atoms with E-state index in [2.05, 4.69) is 5.32 Å². The van der Waals surface area contributed by atoms with Gasteiger partial charge in [0.1, 0.15) is 17.3 Å². The second-order valence-corrected chi connectivity index (χ2v) is 6.90. The summed E-state index contributed by atoms with van der Waals surface area (Å²) in [7, 11) is 0. The van der Waals surface area contributed by atoms with E-state index in [4.69, 9.17) is 16.3 Å². The first kappa shape index (κ1) is 19.9. The van der Waals surface area contributed by atoms with Gasteiger partial charge in [-0.1, -0.05) is 42.8 Å². The zero-order chi connectivity index (χ0) is 20.3. The predicted molar refractivity (Wildman–Crippen MR) is 105 cm³/mol. The Labute approximate surface area is 167 Å². The highest BCUT2D eigenvalue weighted by Gasteiger charge is 2.34. The van der Waals surface area contributed by atoms with Crippen LogP contribution >= 0.6 is 11.6 Å². The van der Waals surface area contributed by atoms with Crippen molar-refractivity contribution in [3.05, 3.63) is 70.1 Å². The number of amides is 3. The summed E-state index contributed by atoms with van der Waals surface area (Å²) in [4.78, 5) is 25.7. The van der Waals surface area contributed by atoms with Gasteiger partial charge in [-0.2, -0.15) is 0 Å². The fourth-order valence-electron chi connectivity index (χ4n) is 2.68. The van der Waals surface area contributed by atoms with Crippen LogP contribution in [0.5, 0.6) is 5.75 Å². The van der Waals surface area contributed by atoms with Crippen LogP contribution in [0.2, 0.25) is 5.02 Å². The first-order valence-electron chi connectivity index (χ1n) is 8.93. The van der Waals surface area contributed by atoms with E-state index in [-0.39, 0.29) is 23.9 Å². The Morgan fingerprint density at radius 2 is 2.00 bits per heavy atom. The van der Waals surface area contributed by atoms with Crippen molar-refractivity contribution in [2.24, 2.45) is 0 Å². The van der Waals surface area contributed by atoms with Gasteiger partial charge in [0.25, 0.3) is 5.91 Å². The monoisotopic (exact) mass is 402 g/mol. The highest BCUT2D eigenvalue weighted by atomic mass is 35.5. The van der Waals surface area contributed by atoms with Crippen molar-refractivity contribution in [2.45, 2.75) is 32.9 Å². The molecule has 1 fully saturated rings. The van der Waals surface area contributed by atoms with Gasteiger partial charge in [-0.3, -0.25) is 9.69 Å². The summed E-state index contributed by atoms with van der Waals surface area (Å²) in [5.74, 6) is -0.436. The minimum atomic E-state index is -0.595. The van der Waals surface area contributed by atoms with Crippen molar-refractivity contribution in [1.29, 1.82) is 0 Å². The number of rotatable bonds is 6. The number of ether oxygens (including phenoxy) is 1. The molecule has 2 aromatic carbocycles. The second kappa shape index (κ2) is 8.44. The van der Waals surface area contributed by atoms with Crippen LogP contribution in [-0.2, 0) is 11.3 Å². The quantitative estimate of drug-likeness (QED) is 0.560. The molecule has 1 saturated heterocycles. The summed E-state index contributed by atoms with van der Waals surface area (Å²) >= 11 is 6.26. The molecule has 0 bridgehead atoms. The number of nitrogens with zero attached hydrogens (tertiary/aromatic N) is 1. The number of hydrogen-bond donors (Lipinski definition) is 1. The smallest absolute Gasteiger partial charge is 0.329 e. The SMILES string of the molecule is CCC(C)Oc1ccc(/C=C2/NC(=O)N(Cc3ccccc3F)C2=O)cc1Cl. The second-order valence-electron chi connectivity index (χ2n) is 6.50. The molecule has 1 heterocycles. The van der Waals surface area contributed by atoms with Crippen LogP contribution in [0.25, 0.3) is 6.08 Å². The molecule has 1 aliphatic heterocycles. The molecule has 146 valence electrons. The van der Waals surface area contributed by atoms with Crippen LogP contribution in [0.3, 0.4) is 0 Å². The van der Waals surface area contributed by atoms with Crippen molar-refractivity contribution in [3.8, 4) is 5.75 Å². The summed E-state index contributed by atoms with van der Waals surface area (Å²) in [6.07, 6.45) is 2.41. The number of halogens is 2. The van der Waals surface area contributed by atoms with Gasteiger partial charge in [0, 0.05) is 5.56 Å². The van der Waals surface area contributed by atoms with Gasteiger partial charge in [-0.05, 0) is 43.2 Å². The van der Waals surface area contributed by atoms with Crippen LogP contribution in [-0.4, -0.2) is 22.9 Å². The number of imide groups is 1. The maximum atomic E-state index is 13.8. The maximum Gasteiger partial charge on any atom is 0.329 e. The molecule has 0 radical (unpaired) electrons. The van der Waals surface area contributed by atoms with Crippen LogP contribution in [0.4, 0.5) is 9.18 Å². The molecule has 0 saturated carbocycles. The van der Waals surface area contributed by atoms with Gasteiger partial charge in [0.05, 0.1) is 17.7 Å². The molecule has 5 nitrogen and oxygen atoms in total. The number of nitrogens with one attached hydrogen (secondary N) is 1. The zero-order valence-corrected chi connectivity index (χ0v) is 16.3. The predicted octanol–water partition coefficient (Wildman–Crippen LogP) is 4.75. The molecule has 1 aliphatic rings. The lowest BCUT2D eigenvalue weighted by molar-refractivity contribution is -0.123. The Morgan fingerprint density at radius 1 is 1.25 bits per heavy atom. The van der Waals surface area contributed by atoms with E-state index in [1.807, 2.05) is 13.8 Å². The molecular formula is C21H20ClFN2O3. The molecule has 28 heavy (non-hydrogen) atoms. The lowest BCUT2D eigenvalue weighted by Gasteiger charge is -2.14. The molecular weight excluding hydrogens is 383 g/mol. The fraction of sp³-hybridized carbons (Fsp3) is 0.238. The summed E-state index contributed by atoms with van der Waals surface area (Å²) in [6, 6.07) is 10.6. The lowest BCUT2D eigenvalue weighted by atomic mass is 10.1. The number of hydrogen-bond acceptors (Lipinski definition) is 3. The minimum absolute atomic E-state index is 0.0318. The van der Waals surface area contributed by atoms with Crippen molar-refractivity contribution in [2.75, 3.05) is 0 Å². The number of urea groups is 1. The number of benzene rings is 2. The van der Waals surface area contributed by atoms with Gasteiger partial charge in [-0.25, -0.2) is 9.18 Å². The number of carbonyl (C=O) groups is 2. The number of carbonyl (C=O) groups excluding carboxylic acids is 2. The molecule has 3 amide bonds. The van der Waals surface area contributed by atoms with E-state index < -0.39 is 17.8 Å². The van der Waals surface area contributed by atoms with Gasteiger partial charge in [-0.15, -0.1) is 0 Å². The van der Waals surface area contributed by atoms with Gasteiger partial charge in [0.2, 0.25) is 0 Å². The van der Waals surface area contributed by atoms with Crippen molar-refractivity contribution in [1.82, 2.24) is 10.2 Å². The Balaban J connectivity index is 1.78. The zero-order valence-electron chi connectivity index (χ0n) is 15.5. The van der Waals surface area contributed by atoms with E-state index in [0.717, 1.165) is 11.3 Å². The summed E-state index contributed by atoms with van der Waals surface area (Å²) in [6.45, 7) is 3.82. The molecule has 2 aromatic rings. The van der Waals surface area contributed by atoms with Gasteiger partial charge >= 0.3 is 6.03 Å². The summed E-state index contributed by atoms with van der Waals surface area (Å²) in [5.41, 5.74) is 1.01. The standard InChI is InChI=1S/C21H20ClFN2O3/c1-3-13(2)28-19-9-8-14(10-16(19)22)11-18-20(26)25(21(27)24-18)12-15-6-4-5-7-17(15)23/h4-11,13H,3,12H2,1-2H3,(H,24,27)/b18-11+. The highest BCUT2D eigenvalue weighted by Crippen LogP contribution is 2.28. The van der Waals surface area contributed by atoms with Crippen molar-refractivity contribution >= 4 is 29.6 Å². The first-order valence-corrected chi connectivity index (χ1v) is 9.31. The highest BCUT2D eigenvalue weighted by molar-refractivity contribution is 6.32. The third kappa shape index (κ3) is 4.34. The normalized spacial score (nSPS) is 16.4. The van der Waals surface area contributed by atoms with E-state index in [0.29, 0.717) is 16.3 Å². The Bertz CT molecular complexity index is 945. The summed E-state index contributed by atoms with van der Waals surface area (Å²) < 4.78 is 19.5. The van der Waals surface area contributed by atoms with Gasteiger partial charge in [0.15, 0.2) is 0 Å². The molecule has 0 aromatic heterocycles. The molecule has 0 spiro atoms. The summed E-state index contributed by atoms with van der Waals surface area (Å²) in [5, 5.41) is 2.93. The third-order valence-corrected chi connectivity index (χ3v) is 4.71. The topological polar surface area (TPSA) is 58.6 Å². The third-order valence-electron chi connectivity index (χ3n) is 4.42. The molecule has 1 N–H and O–H groups in total. The van der Waals surface area contributed by atoms with Crippen LogP contribution in [0, 0.1) is 5.82 Å². The minimum Gasteiger partial charge on any atom is -0.489 e. The average molecular weight is 403 g/mol. The van der Waals surface area contributed by atoms with E-state index >= 15 is 0 Å². The average Bonchev–Trinajstić information content (AvgIpc) is 2.93. The van der Waals surface area contributed by atoms with Crippen LogP contribution in [0.1, 0.15) is 31.4 Å². The Morgan fingerprint density at radius 3 is 2.68 bits per heavy atom.